The molecule has 14 heteroatoms. The van der Waals surface area contributed by atoms with Gasteiger partial charge in [-0.1, -0.05) is 41.9 Å². The van der Waals surface area contributed by atoms with Crippen LogP contribution in [0.25, 0.3) is 22.4 Å². The Hall–Kier alpha value is -5.14. The molecule has 0 saturated heterocycles. The summed E-state index contributed by atoms with van der Waals surface area (Å²) in [6, 6.07) is 14.0. The number of ether oxygens (including phenoxy) is 2. The third kappa shape index (κ3) is 5.33. The summed E-state index contributed by atoms with van der Waals surface area (Å²) in [6.07, 6.45) is 0.551. The van der Waals surface area contributed by atoms with Crippen molar-refractivity contribution in [2.75, 3.05) is 20.3 Å². The zero-order chi connectivity index (χ0) is 34.9. The number of carbonyl (C=O) groups excluding carboxylic acids is 2. The number of pyridine rings is 1. The quantitative estimate of drug-likeness (QED) is 0.169. The van der Waals surface area contributed by atoms with Gasteiger partial charge in [-0.3, -0.25) is 9.59 Å². The minimum absolute atomic E-state index is 0.000784. The van der Waals surface area contributed by atoms with Crippen LogP contribution in [0.4, 0.5) is 13.2 Å². The summed E-state index contributed by atoms with van der Waals surface area (Å²) in [4.78, 5) is 35.2. The summed E-state index contributed by atoms with van der Waals surface area (Å²) < 4.78 is 61.1. The van der Waals surface area contributed by atoms with E-state index in [2.05, 4.69) is 15.3 Å². The van der Waals surface area contributed by atoms with E-state index < -0.39 is 51.7 Å². The summed E-state index contributed by atoms with van der Waals surface area (Å²) in [5, 5.41) is 14.8. The van der Waals surface area contributed by atoms with Gasteiger partial charge in [0, 0.05) is 22.8 Å². The monoisotopic (exact) mass is 692 g/mol. The summed E-state index contributed by atoms with van der Waals surface area (Å²) >= 11 is 6.03. The molecule has 0 bridgehead atoms. The van der Waals surface area contributed by atoms with Crippen LogP contribution in [0.5, 0.6) is 11.5 Å². The van der Waals surface area contributed by atoms with Gasteiger partial charge in [-0.25, -0.2) is 23.1 Å². The second kappa shape index (κ2) is 11.5. The van der Waals surface area contributed by atoms with Crippen molar-refractivity contribution >= 4 is 34.5 Å². The smallest absolute Gasteiger partial charge is 0.251 e. The number of fused-ring (bicyclic) bond motifs is 2. The second-order valence-electron chi connectivity index (χ2n) is 12.4. The maximum Gasteiger partial charge on any atom is 0.251 e. The Kier molecular flexibility index (Phi) is 7.60. The number of nitrogens with two attached hydrogens (primary N) is 1. The van der Waals surface area contributed by atoms with Gasteiger partial charge in [0.2, 0.25) is 11.8 Å². The van der Waals surface area contributed by atoms with Crippen molar-refractivity contribution in [1.82, 2.24) is 15.3 Å². The van der Waals surface area contributed by atoms with E-state index in [0.29, 0.717) is 6.07 Å². The van der Waals surface area contributed by atoms with Gasteiger partial charge in [-0.15, -0.1) is 0 Å². The zero-order valence-electron chi connectivity index (χ0n) is 26.1. The molecule has 3 aromatic carbocycles. The molecule has 5 aromatic rings. The van der Waals surface area contributed by atoms with Crippen molar-refractivity contribution in [2.24, 2.45) is 5.73 Å². The molecule has 1 aliphatic heterocycles. The number of aromatic nitrogens is 2. The predicted molar refractivity (Wildman–Crippen MR) is 171 cm³/mol. The fraction of sp³-hybridized carbons (Fsp3) is 0.257. The highest BCUT2D eigenvalue weighted by atomic mass is 35.5. The lowest BCUT2D eigenvalue weighted by Gasteiger charge is -2.30. The number of oxazole rings is 1. The normalized spacial score (nSPS) is 18.8. The largest absolute Gasteiger partial charge is 0.494 e. The molecular weight excluding hydrogens is 665 g/mol. The van der Waals surface area contributed by atoms with Crippen LogP contribution in [0.15, 0.2) is 65.1 Å². The summed E-state index contributed by atoms with van der Waals surface area (Å²) in [5.41, 5.74) is 0.969. The van der Waals surface area contributed by atoms with Crippen LogP contribution >= 0.6 is 11.6 Å². The van der Waals surface area contributed by atoms with Crippen molar-refractivity contribution in [2.45, 2.75) is 36.5 Å². The molecule has 49 heavy (non-hydrogen) atoms. The molecule has 0 radical (unpaired) electrons. The number of carbonyl (C=O) groups is 2. The number of alkyl halides is 1. The lowest BCUT2D eigenvalue weighted by Crippen LogP contribution is -2.43. The van der Waals surface area contributed by atoms with E-state index in [1.807, 2.05) is 0 Å². The van der Waals surface area contributed by atoms with E-state index in [4.69, 9.17) is 31.2 Å². The molecule has 3 heterocycles. The van der Waals surface area contributed by atoms with Crippen LogP contribution in [0, 0.1) is 11.6 Å². The Morgan fingerprint density at radius 3 is 2.51 bits per heavy atom. The molecule has 252 valence electrons. The minimum atomic E-state index is -2.11. The van der Waals surface area contributed by atoms with Crippen LogP contribution in [0.1, 0.15) is 52.8 Å². The van der Waals surface area contributed by atoms with Gasteiger partial charge >= 0.3 is 0 Å². The maximum atomic E-state index is 15.3. The number of methoxy groups -OCH3 is 1. The Bertz CT molecular complexity index is 2180. The van der Waals surface area contributed by atoms with E-state index in [1.54, 1.807) is 30.3 Å². The highest BCUT2D eigenvalue weighted by molar-refractivity contribution is 6.31. The van der Waals surface area contributed by atoms with Crippen molar-refractivity contribution < 1.29 is 41.8 Å². The fourth-order valence-electron chi connectivity index (χ4n) is 5.85. The van der Waals surface area contributed by atoms with Crippen LogP contribution in [-0.2, 0) is 21.5 Å². The highest BCUT2D eigenvalue weighted by Gasteiger charge is 2.50. The Morgan fingerprint density at radius 1 is 1.10 bits per heavy atom. The number of hydrogen-bond donors (Lipinski definition) is 3. The van der Waals surface area contributed by atoms with Gasteiger partial charge in [-0.2, -0.15) is 0 Å². The molecule has 4 N–H and O–H groups in total. The first-order chi connectivity index (χ1) is 23.3. The summed E-state index contributed by atoms with van der Waals surface area (Å²) in [5.74, 6) is -3.38. The first-order valence-corrected chi connectivity index (χ1v) is 15.5. The first-order valence-electron chi connectivity index (χ1n) is 15.1. The topological polar surface area (TPSA) is 150 Å². The van der Waals surface area contributed by atoms with E-state index in [1.165, 1.54) is 32.2 Å². The van der Waals surface area contributed by atoms with Gasteiger partial charge < -0.3 is 30.0 Å². The molecule has 7 rings (SSSR count). The molecule has 2 amide bonds. The van der Waals surface area contributed by atoms with E-state index in [0.717, 1.165) is 6.07 Å². The number of hydrogen-bond acceptors (Lipinski definition) is 8. The molecule has 0 unspecified atom stereocenters. The zero-order valence-corrected chi connectivity index (χ0v) is 26.8. The predicted octanol–water partition coefficient (Wildman–Crippen LogP) is 5.59. The summed E-state index contributed by atoms with van der Waals surface area (Å²) in [7, 11) is 1.37. The van der Waals surface area contributed by atoms with Crippen molar-refractivity contribution in [3.63, 3.8) is 0 Å². The Labute approximate surface area is 282 Å². The molecule has 2 aromatic heterocycles. The van der Waals surface area contributed by atoms with E-state index in [9.17, 15) is 23.5 Å². The number of nitrogens with zero attached hydrogens (tertiary/aromatic N) is 2. The van der Waals surface area contributed by atoms with Gasteiger partial charge in [0.05, 0.1) is 24.4 Å². The van der Waals surface area contributed by atoms with E-state index >= 15 is 4.39 Å². The summed E-state index contributed by atoms with van der Waals surface area (Å²) in [6.45, 7) is 0.819. The van der Waals surface area contributed by atoms with Gasteiger partial charge in [0.15, 0.2) is 16.8 Å². The second-order valence-corrected chi connectivity index (χ2v) is 12.8. The molecule has 1 fully saturated rings. The molecule has 2 aliphatic rings. The van der Waals surface area contributed by atoms with Gasteiger partial charge in [0.25, 0.3) is 5.91 Å². The number of primary amides is 1. The van der Waals surface area contributed by atoms with Gasteiger partial charge in [-0.05, 0) is 49.6 Å². The van der Waals surface area contributed by atoms with Crippen molar-refractivity contribution in [1.29, 1.82) is 0 Å². The Morgan fingerprint density at radius 2 is 1.84 bits per heavy atom. The molecule has 10 nitrogen and oxygen atoms in total. The molecular formula is C35H28ClF3N4O6. The molecule has 1 saturated carbocycles. The number of halogens is 4. The van der Waals surface area contributed by atoms with Crippen LogP contribution < -0.4 is 20.5 Å². The number of nitrogens with one attached hydrogen (secondary N) is 1. The standard InChI is InChI=1S/C35H28ClF3N4O6/c1-33(31(40)45)16-48-29-20(33)13-26(42-27(29)19-12-21(36)23(38)14-22(19)37)35(46,18-6-4-3-5-7-18)15-41-30(44)17-10-24(47-2)28-25(11-17)49-32(43-28)34(39)8-9-34/h3-7,10-14,46H,8-9,15-16H2,1-2H3,(H2,40,45)(H,41,44)/t33-,35+/m0/s1. The number of aliphatic hydroxyl groups is 1. The van der Waals surface area contributed by atoms with E-state index in [-0.39, 0.29) is 81.6 Å². The van der Waals surface area contributed by atoms with Crippen molar-refractivity contribution in [3.05, 3.63) is 106 Å². The van der Waals surface area contributed by atoms with Crippen LogP contribution in [0.2, 0.25) is 5.02 Å². The molecule has 1 aliphatic carbocycles. The van der Waals surface area contributed by atoms with Crippen molar-refractivity contribution in [3.8, 4) is 22.8 Å². The van der Waals surface area contributed by atoms with Crippen LogP contribution in [-0.4, -0.2) is 47.2 Å². The first kappa shape index (κ1) is 32.4. The SMILES string of the molecule is COc1cc(C(=O)NC[C@@](O)(c2ccccc2)c2cc3c(c(-c4cc(Cl)c(F)cc4F)n2)OC[C@]3(C)C(N)=O)cc2oc(C3(F)CC3)nc12. The maximum absolute atomic E-state index is 15.3. The minimum Gasteiger partial charge on any atom is -0.494 e. The average Bonchev–Trinajstić information content (AvgIpc) is 3.52. The van der Waals surface area contributed by atoms with Crippen LogP contribution in [0.3, 0.4) is 0 Å². The molecule has 0 spiro atoms. The fourth-order valence-corrected chi connectivity index (χ4v) is 6.01. The lowest BCUT2D eigenvalue weighted by molar-refractivity contribution is -0.123. The van der Waals surface area contributed by atoms with Gasteiger partial charge in [0.1, 0.15) is 46.5 Å². The highest BCUT2D eigenvalue weighted by Crippen LogP contribution is 2.50. The molecule has 2 atom stereocenters. The number of benzene rings is 3. The third-order valence-corrected chi connectivity index (χ3v) is 9.37. The average molecular weight is 693 g/mol. The third-order valence-electron chi connectivity index (χ3n) is 9.08. The Balaban J connectivity index is 1.33. The lowest BCUT2D eigenvalue weighted by atomic mass is 9.80. The number of amides is 2. The number of rotatable bonds is 9.